The lowest BCUT2D eigenvalue weighted by atomic mass is 9.80. The van der Waals surface area contributed by atoms with E-state index in [2.05, 4.69) is 20.8 Å². The van der Waals surface area contributed by atoms with Crippen molar-refractivity contribution in [2.24, 2.45) is 7.05 Å². The molecule has 4 atom stereocenters. The van der Waals surface area contributed by atoms with E-state index in [-0.39, 0.29) is 23.6 Å². The van der Waals surface area contributed by atoms with E-state index in [9.17, 15) is 26.3 Å². The van der Waals surface area contributed by atoms with Gasteiger partial charge in [0.1, 0.15) is 0 Å². The van der Waals surface area contributed by atoms with Gasteiger partial charge in [-0.15, -0.1) is 5.10 Å². The highest BCUT2D eigenvalue weighted by Gasteiger charge is 2.55. The lowest BCUT2D eigenvalue weighted by Gasteiger charge is -2.42. The fraction of sp³-hybridized carbons (Fsp3) is 0.458. The second kappa shape index (κ2) is 8.84. The Balaban J connectivity index is 1.46. The van der Waals surface area contributed by atoms with Crippen molar-refractivity contribution in [2.75, 3.05) is 0 Å². The van der Waals surface area contributed by atoms with Gasteiger partial charge in [0.2, 0.25) is 0 Å². The van der Waals surface area contributed by atoms with Crippen LogP contribution < -0.4 is 5.32 Å². The number of piperidine rings is 1. The Hall–Kier alpha value is -2.99. The fourth-order valence-corrected chi connectivity index (χ4v) is 5.52. The Labute approximate surface area is 202 Å². The molecular formula is C24H23F6N5O. The number of tetrazole rings is 1. The maximum Gasteiger partial charge on any atom is 0.416 e. The summed E-state index contributed by atoms with van der Waals surface area (Å²) >= 11 is 0. The molecule has 0 saturated carbocycles. The van der Waals surface area contributed by atoms with Gasteiger partial charge in [0.05, 0.1) is 29.4 Å². The molecule has 0 amide bonds. The van der Waals surface area contributed by atoms with E-state index in [4.69, 9.17) is 4.74 Å². The summed E-state index contributed by atoms with van der Waals surface area (Å²) in [6, 6.07) is 11.1. The smallest absolute Gasteiger partial charge is 0.371 e. The first-order chi connectivity index (χ1) is 17.0. The van der Waals surface area contributed by atoms with Crippen molar-refractivity contribution in [3.05, 3.63) is 76.6 Å². The fourth-order valence-electron chi connectivity index (χ4n) is 5.52. The van der Waals surface area contributed by atoms with Crippen LogP contribution in [-0.4, -0.2) is 32.4 Å². The number of hydrogen-bond acceptors (Lipinski definition) is 5. The third kappa shape index (κ3) is 4.47. The minimum Gasteiger partial charge on any atom is -0.371 e. The van der Waals surface area contributed by atoms with E-state index >= 15 is 0 Å². The highest BCUT2D eigenvalue weighted by molar-refractivity contribution is 5.35. The molecule has 6 nitrogen and oxygen atoms in total. The molecule has 0 radical (unpaired) electrons. The van der Waals surface area contributed by atoms with Crippen LogP contribution in [0, 0.1) is 0 Å². The van der Waals surface area contributed by atoms with Crippen LogP contribution in [0.4, 0.5) is 26.3 Å². The van der Waals surface area contributed by atoms with E-state index < -0.39 is 41.7 Å². The maximum atomic E-state index is 13.3. The molecule has 2 bridgehead atoms. The minimum absolute atomic E-state index is 0.0378. The average molecular weight is 511 g/mol. The molecule has 2 saturated heterocycles. The molecular weight excluding hydrogens is 488 g/mol. The summed E-state index contributed by atoms with van der Waals surface area (Å²) in [5.74, 6) is 0.669. The molecule has 2 aliphatic rings. The largest absolute Gasteiger partial charge is 0.416 e. The van der Waals surface area contributed by atoms with Gasteiger partial charge in [-0.2, -0.15) is 26.3 Å². The topological polar surface area (TPSA) is 64.9 Å². The Morgan fingerprint density at radius 3 is 2.25 bits per heavy atom. The van der Waals surface area contributed by atoms with Crippen LogP contribution in [0.2, 0.25) is 0 Å². The van der Waals surface area contributed by atoms with Crippen molar-refractivity contribution in [3.8, 4) is 0 Å². The standard InChI is InChI=1S/C24H23F6N5O/c1-35-21(32-33-34-35)18-12-22(15-5-3-2-4-6-15)20(8-7-19(18)31-22)36-13-14-9-16(23(25,26)27)11-17(10-14)24(28,29)30/h2-6,9-11,18-20,31H,7-8,12-13H2,1H3. The average Bonchev–Trinajstić information content (AvgIpc) is 3.39. The van der Waals surface area contributed by atoms with Crippen LogP contribution in [-0.2, 0) is 36.3 Å². The van der Waals surface area contributed by atoms with Gasteiger partial charge < -0.3 is 10.1 Å². The van der Waals surface area contributed by atoms with E-state index in [1.165, 1.54) is 0 Å². The van der Waals surface area contributed by atoms with Crippen molar-refractivity contribution >= 4 is 0 Å². The van der Waals surface area contributed by atoms with Gasteiger partial charge in [-0.05, 0) is 59.0 Å². The van der Waals surface area contributed by atoms with Gasteiger partial charge in [0.25, 0.3) is 0 Å². The quantitative estimate of drug-likeness (QED) is 0.491. The lowest BCUT2D eigenvalue weighted by Crippen LogP contribution is -2.54. The summed E-state index contributed by atoms with van der Waals surface area (Å²) in [5, 5.41) is 15.5. The first-order valence-electron chi connectivity index (χ1n) is 11.4. The number of alkyl halides is 6. The summed E-state index contributed by atoms with van der Waals surface area (Å²) < 4.78 is 87.6. The third-order valence-electron chi connectivity index (χ3n) is 7.13. The predicted molar refractivity (Wildman–Crippen MR) is 115 cm³/mol. The number of fused-ring (bicyclic) bond motifs is 2. The second-order valence-corrected chi connectivity index (χ2v) is 9.35. The number of nitrogens with zero attached hydrogens (tertiary/aromatic N) is 4. The van der Waals surface area contributed by atoms with Crippen molar-refractivity contribution in [3.63, 3.8) is 0 Å². The number of ether oxygens (including phenoxy) is 1. The number of halogens is 6. The van der Waals surface area contributed by atoms with Crippen LogP contribution in [0.1, 0.15) is 53.3 Å². The Kier molecular flexibility index (Phi) is 6.06. The van der Waals surface area contributed by atoms with E-state index in [0.717, 1.165) is 5.56 Å². The summed E-state index contributed by atoms with van der Waals surface area (Å²) in [5.41, 5.74) is -2.67. The second-order valence-electron chi connectivity index (χ2n) is 9.35. The summed E-state index contributed by atoms with van der Waals surface area (Å²) in [4.78, 5) is 0. The number of nitrogens with one attached hydrogen (secondary N) is 1. The van der Waals surface area contributed by atoms with E-state index in [0.29, 0.717) is 37.2 Å². The zero-order valence-corrected chi connectivity index (χ0v) is 19.1. The number of rotatable bonds is 5. The monoisotopic (exact) mass is 511 g/mol. The molecule has 2 aliphatic heterocycles. The molecule has 2 fully saturated rings. The zero-order chi connectivity index (χ0) is 25.7. The highest BCUT2D eigenvalue weighted by atomic mass is 19.4. The van der Waals surface area contributed by atoms with Crippen molar-refractivity contribution in [2.45, 2.75) is 61.8 Å². The molecule has 0 spiro atoms. The Bertz CT molecular complexity index is 1200. The molecule has 1 N–H and O–H groups in total. The van der Waals surface area contributed by atoms with Gasteiger partial charge in [0, 0.05) is 19.0 Å². The van der Waals surface area contributed by atoms with Crippen LogP contribution in [0.3, 0.4) is 0 Å². The predicted octanol–water partition coefficient (Wildman–Crippen LogP) is 4.97. The normalized spacial score (nSPS) is 26.4. The van der Waals surface area contributed by atoms with Gasteiger partial charge >= 0.3 is 12.4 Å². The molecule has 4 unspecified atom stereocenters. The minimum atomic E-state index is -4.91. The molecule has 0 aliphatic carbocycles. The third-order valence-corrected chi connectivity index (χ3v) is 7.13. The SMILES string of the molecule is Cn1nnnc1C1CC2(c3ccccc3)NC1CCC2OCc1cc(C(F)(F)F)cc(C(F)(F)F)c1. The first-order valence-corrected chi connectivity index (χ1v) is 11.4. The van der Waals surface area contributed by atoms with Crippen LogP contribution in [0.15, 0.2) is 48.5 Å². The summed E-state index contributed by atoms with van der Waals surface area (Å²) in [7, 11) is 1.76. The zero-order valence-electron chi connectivity index (χ0n) is 19.1. The van der Waals surface area contributed by atoms with Gasteiger partial charge in [-0.25, -0.2) is 4.68 Å². The molecule has 3 heterocycles. The number of aromatic nitrogens is 4. The molecule has 12 heteroatoms. The molecule has 2 aromatic carbocycles. The molecule has 36 heavy (non-hydrogen) atoms. The Morgan fingerprint density at radius 2 is 1.67 bits per heavy atom. The van der Waals surface area contributed by atoms with E-state index in [1.807, 2.05) is 30.3 Å². The van der Waals surface area contributed by atoms with Crippen LogP contribution in [0.5, 0.6) is 0 Å². The Morgan fingerprint density at radius 1 is 1.00 bits per heavy atom. The maximum absolute atomic E-state index is 13.3. The molecule has 192 valence electrons. The van der Waals surface area contributed by atoms with Crippen molar-refractivity contribution in [1.82, 2.24) is 25.5 Å². The molecule has 3 aromatic rings. The number of aryl methyl sites for hydroxylation is 1. The highest BCUT2D eigenvalue weighted by Crippen LogP contribution is 2.50. The van der Waals surface area contributed by atoms with Gasteiger partial charge in [-0.3, -0.25) is 0 Å². The molecule has 1 aromatic heterocycles. The summed E-state index contributed by atoms with van der Waals surface area (Å²) in [6.07, 6.45) is -8.50. The number of hydrogen-bond donors (Lipinski definition) is 1. The van der Waals surface area contributed by atoms with E-state index in [1.54, 1.807) is 11.7 Å². The summed E-state index contributed by atoms with van der Waals surface area (Å²) in [6.45, 7) is -0.394. The number of benzene rings is 2. The van der Waals surface area contributed by atoms with Crippen molar-refractivity contribution in [1.29, 1.82) is 0 Å². The van der Waals surface area contributed by atoms with Gasteiger partial charge in [-0.1, -0.05) is 30.3 Å². The van der Waals surface area contributed by atoms with Gasteiger partial charge in [0.15, 0.2) is 5.82 Å². The first kappa shape index (κ1) is 24.7. The van der Waals surface area contributed by atoms with Crippen LogP contribution >= 0.6 is 0 Å². The van der Waals surface area contributed by atoms with Crippen molar-refractivity contribution < 1.29 is 31.1 Å². The van der Waals surface area contributed by atoms with Crippen LogP contribution in [0.25, 0.3) is 0 Å². The lowest BCUT2D eigenvalue weighted by molar-refractivity contribution is -0.143. The molecule has 5 rings (SSSR count).